The molecule has 0 bridgehead atoms. The van der Waals surface area contributed by atoms with Gasteiger partial charge in [-0.25, -0.2) is 0 Å². The normalized spacial score (nSPS) is 23.3. The number of hydrogen-bond acceptors (Lipinski definition) is 4. The number of aryl methyl sites for hydroxylation is 1. The van der Waals surface area contributed by atoms with Gasteiger partial charge in [0.05, 0.1) is 19.1 Å². The van der Waals surface area contributed by atoms with Gasteiger partial charge in [-0.2, -0.15) is 0 Å². The molecule has 0 spiro atoms. The lowest BCUT2D eigenvalue weighted by atomic mass is 9.85. The van der Waals surface area contributed by atoms with Crippen molar-refractivity contribution in [1.29, 1.82) is 0 Å². The van der Waals surface area contributed by atoms with E-state index < -0.39 is 0 Å². The minimum Gasteiger partial charge on any atom is -0.466 e. The zero-order valence-corrected chi connectivity index (χ0v) is 11.8. The summed E-state index contributed by atoms with van der Waals surface area (Å²) in [6.45, 7) is 5.00. The summed E-state index contributed by atoms with van der Waals surface area (Å²) in [6, 6.07) is 4.35. The van der Waals surface area contributed by atoms with Crippen LogP contribution in [0.5, 0.6) is 0 Å². The fourth-order valence-electron chi connectivity index (χ4n) is 2.67. The van der Waals surface area contributed by atoms with Crippen LogP contribution in [0.25, 0.3) is 0 Å². The zero-order valence-electron chi connectivity index (χ0n) is 11.8. The van der Waals surface area contributed by atoms with E-state index in [2.05, 4.69) is 5.32 Å². The van der Waals surface area contributed by atoms with Crippen molar-refractivity contribution in [3.05, 3.63) is 23.7 Å². The molecule has 0 aliphatic heterocycles. The second kappa shape index (κ2) is 6.75. The molecule has 2 rings (SSSR count). The highest BCUT2D eigenvalue weighted by Crippen LogP contribution is 2.25. The topological polar surface area (TPSA) is 51.5 Å². The van der Waals surface area contributed by atoms with Gasteiger partial charge in [-0.3, -0.25) is 4.79 Å². The van der Waals surface area contributed by atoms with E-state index in [4.69, 9.17) is 9.15 Å². The first kappa shape index (κ1) is 14.1. The fraction of sp³-hybridized carbons (Fsp3) is 0.667. The molecular weight excluding hydrogens is 242 g/mol. The molecule has 1 aliphatic carbocycles. The number of nitrogens with one attached hydrogen (secondary N) is 1. The molecule has 1 aliphatic rings. The molecule has 1 saturated carbocycles. The van der Waals surface area contributed by atoms with Gasteiger partial charge in [-0.05, 0) is 45.2 Å². The van der Waals surface area contributed by atoms with Crippen LogP contribution in [0, 0.1) is 12.8 Å². The Kier molecular flexibility index (Phi) is 5.02. The van der Waals surface area contributed by atoms with Crippen molar-refractivity contribution in [2.45, 2.75) is 52.1 Å². The standard InChI is InChI=1S/C15H23NO3/c1-3-18-15(17)12-5-4-6-13(9-12)16-10-14-8-7-11(2)19-14/h7-8,12-13,16H,3-6,9-10H2,1-2H3. The lowest BCUT2D eigenvalue weighted by Crippen LogP contribution is -2.36. The quantitative estimate of drug-likeness (QED) is 0.832. The maximum absolute atomic E-state index is 11.8. The predicted octanol–water partition coefficient (Wildman–Crippen LogP) is 2.80. The van der Waals surface area contributed by atoms with Gasteiger partial charge >= 0.3 is 5.97 Å². The van der Waals surface area contributed by atoms with Crippen LogP contribution in [-0.4, -0.2) is 18.6 Å². The number of carbonyl (C=O) groups is 1. The van der Waals surface area contributed by atoms with E-state index in [0.717, 1.165) is 43.7 Å². The summed E-state index contributed by atoms with van der Waals surface area (Å²) in [4.78, 5) is 11.8. The molecule has 1 heterocycles. The van der Waals surface area contributed by atoms with E-state index in [1.165, 1.54) is 0 Å². The molecule has 106 valence electrons. The summed E-state index contributed by atoms with van der Waals surface area (Å²) in [7, 11) is 0. The summed E-state index contributed by atoms with van der Waals surface area (Å²) in [5.74, 6) is 1.91. The number of esters is 1. The number of rotatable bonds is 5. The monoisotopic (exact) mass is 265 g/mol. The molecule has 1 aromatic rings. The van der Waals surface area contributed by atoms with Crippen LogP contribution in [0.15, 0.2) is 16.5 Å². The van der Waals surface area contributed by atoms with Crippen LogP contribution in [0.1, 0.15) is 44.1 Å². The molecule has 1 N–H and O–H groups in total. The molecule has 0 saturated heterocycles. The molecule has 2 unspecified atom stereocenters. The van der Waals surface area contributed by atoms with E-state index in [0.29, 0.717) is 12.6 Å². The maximum Gasteiger partial charge on any atom is 0.308 e. The highest BCUT2D eigenvalue weighted by atomic mass is 16.5. The molecule has 0 amide bonds. The maximum atomic E-state index is 11.8. The molecule has 1 aromatic heterocycles. The Morgan fingerprint density at radius 1 is 1.47 bits per heavy atom. The Morgan fingerprint density at radius 3 is 3.00 bits per heavy atom. The Morgan fingerprint density at radius 2 is 2.32 bits per heavy atom. The highest BCUT2D eigenvalue weighted by molar-refractivity contribution is 5.72. The van der Waals surface area contributed by atoms with Crippen molar-refractivity contribution in [3.8, 4) is 0 Å². The van der Waals surface area contributed by atoms with Crippen LogP contribution in [0.3, 0.4) is 0 Å². The fourth-order valence-corrected chi connectivity index (χ4v) is 2.67. The Bertz CT molecular complexity index is 413. The van der Waals surface area contributed by atoms with Crippen LogP contribution < -0.4 is 5.32 Å². The molecule has 0 aromatic carbocycles. The minimum atomic E-state index is -0.0390. The number of hydrogen-bond donors (Lipinski definition) is 1. The second-order valence-electron chi connectivity index (χ2n) is 5.21. The molecule has 19 heavy (non-hydrogen) atoms. The molecule has 0 radical (unpaired) electrons. The molecule has 4 nitrogen and oxygen atoms in total. The number of carbonyl (C=O) groups excluding carboxylic acids is 1. The van der Waals surface area contributed by atoms with Gasteiger partial charge in [0.25, 0.3) is 0 Å². The van der Waals surface area contributed by atoms with Gasteiger partial charge in [0.15, 0.2) is 0 Å². The van der Waals surface area contributed by atoms with Crippen molar-refractivity contribution in [2.75, 3.05) is 6.61 Å². The van der Waals surface area contributed by atoms with Crippen LogP contribution in [-0.2, 0) is 16.1 Å². The summed E-state index contributed by atoms with van der Waals surface area (Å²) in [6.07, 6.45) is 4.03. The Labute approximate surface area is 114 Å². The third-order valence-electron chi connectivity index (χ3n) is 3.66. The number of ether oxygens (including phenoxy) is 1. The molecule has 1 fully saturated rings. The Balaban J connectivity index is 1.79. The smallest absolute Gasteiger partial charge is 0.308 e. The van der Waals surface area contributed by atoms with Gasteiger partial charge in [-0.15, -0.1) is 0 Å². The van der Waals surface area contributed by atoms with E-state index in [9.17, 15) is 4.79 Å². The summed E-state index contributed by atoms with van der Waals surface area (Å²) in [5, 5.41) is 3.48. The van der Waals surface area contributed by atoms with Gasteiger partial charge in [0.1, 0.15) is 11.5 Å². The van der Waals surface area contributed by atoms with E-state index in [-0.39, 0.29) is 11.9 Å². The van der Waals surface area contributed by atoms with Crippen molar-refractivity contribution in [3.63, 3.8) is 0 Å². The van der Waals surface area contributed by atoms with Gasteiger partial charge in [-0.1, -0.05) is 6.42 Å². The van der Waals surface area contributed by atoms with Crippen LogP contribution in [0.2, 0.25) is 0 Å². The van der Waals surface area contributed by atoms with Crippen molar-refractivity contribution in [1.82, 2.24) is 5.32 Å². The lowest BCUT2D eigenvalue weighted by Gasteiger charge is -2.28. The van der Waals surface area contributed by atoms with E-state index in [1.54, 1.807) is 0 Å². The largest absolute Gasteiger partial charge is 0.466 e. The van der Waals surface area contributed by atoms with Crippen LogP contribution >= 0.6 is 0 Å². The Hall–Kier alpha value is -1.29. The predicted molar refractivity (Wildman–Crippen MR) is 72.7 cm³/mol. The summed E-state index contributed by atoms with van der Waals surface area (Å²) >= 11 is 0. The lowest BCUT2D eigenvalue weighted by molar-refractivity contribution is -0.149. The first-order valence-corrected chi connectivity index (χ1v) is 7.14. The molecular formula is C15H23NO3. The third-order valence-corrected chi connectivity index (χ3v) is 3.66. The third kappa shape index (κ3) is 4.10. The first-order valence-electron chi connectivity index (χ1n) is 7.14. The minimum absolute atomic E-state index is 0.0390. The zero-order chi connectivity index (χ0) is 13.7. The molecule has 4 heteroatoms. The average Bonchev–Trinajstić information content (AvgIpc) is 2.83. The van der Waals surface area contributed by atoms with E-state index in [1.807, 2.05) is 26.0 Å². The number of furan rings is 1. The van der Waals surface area contributed by atoms with Crippen molar-refractivity contribution >= 4 is 5.97 Å². The average molecular weight is 265 g/mol. The van der Waals surface area contributed by atoms with E-state index >= 15 is 0 Å². The highest BCUT2D eigenvalue weighted by Gasteiger charge is 2.27. The molecule has 2 atom stereocenters. The summed E-state index contributed by atoms with van der Waals surface area (Å²) in [5.41, 5.74) is 0. The van der Waals surface area contributed by atoms with Crippen LogP contribution in [0.4, 0.5) is 0 Å². The first-order chi connectivity index (χ1) is 9.19. The summed E-state index contributed by atoms with van der Waals surface area (Å²) < 4.78 is 10.6. The van der Waals surface area contributed by atoms with Gasteiger partial charge < -0.3 is 14.5 Å². The second-order valence-corrected chi connectivity index (χ2v) is 5.21. The van der Waals surface area contributed by atoms with Gasteiger partial charge in [0, 0.05) is 6.04 Å². The van der Waals surface area contributed by atoms with Gasteiger partial charge in [0.2, 0.25) is 0 Å². The SMILES string of the molecule is CCOC(=O)C1CCCC(NCc2ccc(C)o2)C1. The van der Waals surface area contributed by atoms with Crippen molar-refractivity contribution < 1.29 is 13.9 Å². The van der Waals surface area contributed by atoms with Crippen molar-refractivity contribution in [2.24, 2.45) is 5.92 Å².